The van der Waals surface area contributed by atoms with Crippen molar-refractivity contribution >= 4 is 17.6 Å². The van der Waals surface area contributed by atoms with Gasteiger partial charge in [-0.05, 0) is 42.9 Å². The molecule has 0 unspecified atom stereocenters. The first-order chi connectivity index (χ1) is 9.72. The predicted molar refractivity (Wildman–Crippen MR) is 83.8 cm³/mol. The quantitative estimate of drug-likeness (QED) is 0.626. The molecule has 0 saturated heterocycles. The molecule has 5 heteroatoms. The van der Waals surface area contributed by atoms with Gasteiger partial charge in [0.1, 0.15) is 5.75 Å². The second-order valence-corrected chi connectivity index (χ2v) is 5.44. The van der Waals surface area contributed by atoms with E-state index in [2.05, 4.69) is 15.6 Å². The van der Waals surface area contributed by atoms with Crippen molar-refractivity contribution in [3.8, 4) is 5.75 Å². The van der Waals surface area contributed by atoms with Crippen LogP contribution in [0.4, 0.5) is 0 Å². The molecule has 1 aromatic carbocycles. The Morgan fingerprint density at radius 2 is 2.20 bits per heavy atom. The molecular formula is C15H22ClN3O. The zero-order valence-electron chi connectivity index (χ0n) is 12.1. The lowest BCUT2D eigenvalue weighted by atomic mass is 10.1. The molecule has 110 valence electrons. The van der Waals surface area contributed by atoms with E-state index in [-0.39, 0.29) is 0 Å². The van der Waals surface area contributed by atoms with E-state index >= 15 is 0 Å². The van der Waals surface area contributed by atoms with Crippen LogP contribution in [0.5, 0.6) is 5.75 Å². The van der Waals surface area contributed by atoms with Crippen LogP contribution in [-0.2, 0) is 6.42 Å². The Morgan fingerprint density at radius 3 is 2.80 bits per heavy atom. The number of ether oxygens (including phenoxy) is 1. The molecule has 2 rings (SSSR count). The van der Waals surface area contributed by atoms with Crippen LogP contribution in [-0.4, -0.2) is 33.2 Å². The fourth-order valence-corrected chi connectivity index (χ4v) is 2.22. The van der Waals surface area contributed by atoms with Gasteiger partial charge in [0.25, 0.3) is 0 Å². The number of hydrogen-bond acceptors (Lipinski definition) is 2. The Balaban J connectivity index is 1.76. The van der Waals surface area contributed by atoms with Crippen molar-refractivity contribution in [3.63, 3.8) is 0 Å². The second kappa shape index (κ2) is 7.39. The van der Waals surface area contributed by atoms with Crippen molar-refractivity contribution in [1.29, 1.82) is 0 Å². The first kappa shape index (κ1) is 15.0. The number of hydrogen-bond donors (Lipinski definition) is 2. The van der Waals surface area contributed by atoms with Gasteiger partial charge in [0.15, 0.2) is 5.96 Å². The second-order valence-electron chi connectivity index (χ2n) is 5.03. The van der Waals surface area contributed by atoms with E-state index in [4.69, 9.17) is 16.3 Å². The lowest BCUT2D eigenvalue weighted by Gasteiger charge is -2.12. The van der Waals surface area contributed by atoms with Crippen LogP contribution in [0.2, 0.25) is 5.02 Å². The average molecular weight is 296 g/mol. The molecule has 1 aliphatic rings. The third kappa shape index (κ3) is 4.60. The van der Waals surface area contributed by atoms with E-state index in [0.717, 1.165) is 47.7 Å². The van der Waals surface area contributed by atoms with Gasteiger partial charge in [-0.15, -0.1) is 0 Å². The summed E-state index contributed by atoms with van der Waals surface area (Å²) in [5, 5.41) is 7.38. The van der Waals surface area contributed by atoms with Gasteiger partial charge >= 0.3 is 0 Å². The van der Waals surface area contributed by atoms with Gasteiger partial charge in [-0.1, -0.05) is 17.7 Å². The number of nitrogens with one attached hydrogen (secondary N) is 2. The molecule has 1 fully saturated rings. The summed E-state index contributed by atoms with van der Waals surface area (Å²) < 4.78 is 5.14. The fourth-order valence-electron chi connectivity index (χ4n) is 1.96. The van der Waals surface area contributed by atoms with E-state index in [1.807, 2.05) is 18.2 Å². The maximum absolute atomic E-state index is 6.21. The molecule has 4 nitrogen and oxygen atoms in total. The Labute approximate surface area is 125 Å². The Kier molecular flexibility index (Phi) is 5.53. The van der Waals surface area contributed by atoms with E-state index in [0.29, 0.717) is 0 Å². The number of benzene rings is 1. The number of aliphatic imine (C=N–C) groups is 1. The molecule has 0 aromatic heterocycles. The largest absolute Gasteiger partial charge is 0.497 e. The van der Waals surface area contributed by atoms with Crippen LogP contribution < -0.4 is 15.4 Å². The summed E-state index contributed by atoms with van der Waals surface area (Å²) in [7, 11) is 3.44. The lowest BCUT2D eigenvalue weighted by molar-refractivity contribution is 0.414. The topological polar surface area (TPSA) is 45.7 Å². The first-order valence-corrected chi connectivity index (χ1v) is 7.37. The number of nitrogens with zero attached hydrogens (tertiary/aromatic N) is 1. The van der Waals surface area contributed by atoms with Crippen LogP contribution in [0.3, 0.4) is 0 Å². The molecule has 20 heavy (non-hydrogen) atoms. The van der Waals surface area contributed by atoms with Crippen LogP contribution in [0, 0.1) is 5.92 Å². The zero-order chi connectivity index (χ0) is 14.4. The molecule has 0 heterocycles. The molecule has 2 N–H and O–H groups in total. The monoisotopic (exact) mass is 295 g/mol. The smallest absolute Gasteiger partial charge is 0.190 e. The number of guanidine groups is 1. The Hall–Kier alpha value is -1.42. The van der Waals surface area contributed by atoms with Gasteiger partial charge in [-0.3, -0.25) is 4.99 Å². The maximum atomic E-state index is 6.21. The highest BCUT2D eigenvalue weighted by atomic mass is 35.5. The number of rotatable bonds is 6. The normalized spacial score (nSPS) is 15.1. The third-order valence-electron chi connectivity index (χ3n) is 3.43. The van der Waals surface area contributed by atoms with Crippen LogP contribution in [0.25, 0.3) is 0 Å². The third-order valence-corrected chi connectivity index (χ3v) is 3.78. The van der Waals surface area contributed by atoms with Gasteiger partial charge in [0, 0.05) is 25.2 Å². The summed E-state index contributed by atoms with van der Waals surface area (Å²) in [6, 6.07) is 5.78. The van der Waals surface area contributed by atoms with Crippen molar-refractivity contribution in [2.75, 3.05) is 27.2 Å². The van der Waals surface area contributed by atoms with Crippen molar-refractivity contribution in [2.45, 2.75) is 19.3 Å². The average Bonchev–Trinajstić information content (AvgIpc) is 3.28. The minimum Gasteiger partial charge on any atom is -0.497 e. The molecule has 1 saturated carbocycles. The molecular weight excluding hydrogens is 274 g/mol. The minimum atomic E-state index is 0.743. The molecule has 0 bridgehead atoms. The Morgan fingerprint density at radius 1 is 1.40 bits per heavy atom. The van der Waals surface area contributed by atoms with Gasteiger partial charge in [0.2, 0.25) is 0 Å². The van der Waals surface area contributed by atoms with Crippen LogP contribution >= 0.6 is 11.6 Å². The number of halogens is 1. The number of methoxy groups -OCH3 is 1. The van der Waals surface area contributed by atoms with Crippen LogP contribution in [0.15, 0.2) is 23.2 Å². The molecule has 0 amide bonds. The van der Waals surface area contributed by atoms with E-state index in [1.54, 1.807) is 14.2 Å². The summed E-state index contributed by atoms with van der Waals surface area (Å²) in [4.78, 5) is 4.21. The summed E-state index contributed by atoms with van der Waals surface area (Å²) in [5.74, 6) is 2.49. The first-order valence-electron chi connectivity index (χ1n) is 7.00. The SMILES string of the molecule is CN=C(NCCc1ccc(OC)cc1Cl)NCC1CC1. The standard InChI is InChI=1S/C15H22ClN3O/c1-17-15(19-10-11-3-4-11)18-8-7-12-5-6-13(20-2)9-14(12)16/h5-6,9,11H,3-4,7-8,10H2,1-2H3,(H2,17,18,19). The van der Waals surface area contributed by atoms with Crippen molar-refractivity contribution in [2.24, 2.45) is 10.9 Å². The van der Waals surface area contributed by atoms with Gasteiger partial charge in [0.05, 0.1) is 7.11 Å². The molecule has 0 radical (unpaired) electrons. The van der Waals surface area contributed by atoms with Crippen molar-refractivity contribution in [1.82, 2.24) is 10.6 Å². The summed E-state index contributed by atoms with van der Waals surface area (Å²) >= 11 is 6.21. The molecule has 0 spiro atoms. The highest BCUT2D eigenvalue weighted by Crippen LogP contribution is 2.27. The Bertz CT molecular complexity index is 472. The fraction of sp³-hybridized carbons (Fsp3) is 0.533. The van der Waals surface area contributed by atoms with Gasteiger partial charge < -0.3 is 15.4 Å². The van der Waals surface area contributed by atoms with E-state index in [9.17, 15) is 0 Å². The zero-order valence-corrected chi connectivity index (χ0v) is 12.8. The van der Waals surface area contributed by atoms with Gasteiger partial charge in [-0.2, -0.15) is 0 Å². The highest BCUT2D eigenvalue weighted by Gasteiger charge is 2.20. The predicted octanol–water partition coefficient (Wildman–Crippen LogP) is 2.47. The molecule has 0 aliphatic heterocycles. The molecule has 1 aliphatic carbocycles. The van der Waals surface area contributed by atoms with Crippen molar-refractivity contribution in [3.05, 3.63) is 28.8 Å². The maximum Gasteiger partial charge on any atom is 0.190 e. The van der Waals surface area contributed by atoms with Crippen molar-refractivity contribution < 1.29 is 4.74 Å². The van der Waals surface area contributed by atoms with E-state index in [1.165, 1.54) is 12.8 Å². The molecule has 1 aromatic rings. The van der Waals surface area contributed by atoms with Gasteiger partial charge in [-0.25, -0.2) is 0 Å². The minimum absolute atomic E-state index is 0.743. The molecule has 0 atom stereocenters. The lowest BCUT2D eigenvalue weighted by Crippen LogP contribution is -2.39. The summed E-state index contributed by atoms with van der Waals surface area (Å²) in [6.45, 7) is 1.82. The van der Waals surface area contributed by atoms with Crippen LogP contribution in [0.1, 0.15) is 18.4 Å². The summed E-state index contributed by atoms with van der Waals surface area (Å²) in [6.07, 6.45) is 3.53. The van der Waals surface area contributed by atoms with E-state index < -0.39 is 0 Å². The highest BCUT2D eigenvalue weighted by molar-refractivity contribution is 6.31. The summed E-state index contributed by atoms with van der Waals surface area (Å²) in [5.41, 5.74) is 1.11.